The molecule has 0 bridgehead atoms. The van der Waals surface area contributed by atoms with Gasteiger partial charge in [0.15, 0.2) is 0 Å². The molecule has 0 spiro atoms. The molecule has 0 aliphatic heterocycles. The van der Waals surface area contributed by atoms with Crippen molar-refractivity contribution in [1.29, 1.82) is 0 Å². The molecular formula is C8H18N2Na2O6S2. The summed E-state index contributed by atoms with van der Waals surface area (Å²) in [7, 11) is -8.27. The van der Waals surface area contributed by atoms with Gasteiger partial charge < -0.3 is 19.7 Å². The van der Waals surface area contributed by atoms with Gasteiger partial charge in [-0.25, -0.2) is 16.8 Å². The Morgan fingerprint density at radius 3 is 1.20 bits per heavy atom. The molecule has 0 aromatic heterocycles. The molecule has 0 saturated carbocycles. The molecule has 0 amide bonds. The average Bonchev–Trinajstić information content (AvgIpc) is 2.17. The minimum atomic E-state index is -4.13. The van der Waals surface area contributed by atoms with Crippen LogP contribution in [0.15, 0.2) is 0 Å². The molecule has 20 heavy (non-hydrogen) atoms. The first kappa shape index (κ1) is 26.6. The fourth-order valence-electron chi connectivity index (χ4n) is 1.17. The van der Waals surface area contributed by atoms with Crippen LogP contribution < -0.4 is 69.7 Å². The zero-order chi connectivity index (χ0) is 14.1. The van der Waals surface area contributed by atoms with E-state index in [4.69, 9.17) is 0 Å². The molecule has 0 aromatic rings. The smallest absolute Gasteiger partial charge is 0.748 e. The minimum Gasteiger partial charge on any atom is -0.748 e. The van der Waals surface area contributed by atoms with Crippen molar-refractivity contribution in [2.24, 2.45) is 0 Å². The fourth-order valence-corrected chi connectivity index (χ4v) is 2.17. The monoisotopic (exact) mass is 348 g/mol. The van der Waals surface area contributed by atoms with Crippen molar-refractivity contribution in [2.45, 2.75) is 12.8 Å². The Morgan fingerprint density at radius 1 is 0.650 bits per heavy atom. The second kappa shape index (κ2) is 14.3. The Kier molecular flexibility index (Phi) is 19.1. The summed E-state index contributed by atoms with van der Waals surface area (Å²) < 4.78 is 61.5. The molecule has 8 nitrogen and oxygen atoms in total. The van der Waals surface area contributed by atoms with Crippen LogP contribution in [0.25, 0.3) is 0 Å². The first-order valence-electron chi connectivity index (χ1n) is 5.49. The molecule has 110 valence electrons. The summed E-state index contributed by atoms with van der Waals surface area (Å²) in [5.41, 5.74) is 0. The summed E-state index contributed by atoms with van der Waals surface area (Å²) in [6, 6.07) is 0. The van der Waals surface area contributed by atoms with Crippen LogP contribution in [-0.2, 0) is 20.2 Å². The standard InChI is InChI=1S/C8H20N2O6S2.2Na/c11-17(12,13)7-1-3-9-5-6-10-4-2-8-18(14,15)16;;/h9-10H,1-8H2,(H,11,12,13)(H,14,15,16);;/q;2*+1/p-2. The van der Waals surface area contributed by atoms with Crippen LogP contribution in [0, 0.1) is 0 Å². The quantitative estimate of drug-likeness (QED) is 0.213. The molecule has 0 rings (SSSR count). The molecule has 0 heterocycles. The molecule has 0 aliphatic carbocycles. The zero-order valence-corrected chi connectivity index (χ0v) is 17.6. The van der Waals surface area contributed by atoms with E-state index in [1.807, 2.05) is 0 Å². The van der Waals surface area contributed by atoms with Gasteiger partial charge in [-0.2, -0.15) is 0 Å². The van der Waals surface area contributed by atoms with Crippen molar-refractivity contribution < 1.29 is 85.1 Å². The van der Waals surface area contributed by atoms with Gasteiger partial charge in [-0.1, -0.05) is 0 Å². The number of hydrogen-bond donors (Lipinski definition) is 2. The van der Waals surface area contributed by atoms with Gasteiger partial charge in [0.2, 0.25) is 0 Å². The number of nitrogens with one attached hydrogen (secondary N) is 2. The van der Waals surface area contributed by atoms with E-state index in [0.717, 1.165) is 0 Å². The Labute approximate surface area is 164 Å². The summed E-state index contributed by atoms with van der Waals surface area (Å²) in [6.07, 6.45) is 0.528. The van der Waals surface area contributed by atoms with Crippen molar-refractivity contribution in [1.82, 2.24) is 10.6 Å². The van der Waals surface area contributed by atoms with Gasteiger partial charge in [-0.15, -0.1) is 0 Å². The normalized spacial score (nSPS) is 11.5. The van der Waals surface area contributed by atoms with Crippen molar-refractivity contribution in [3.05, 3.63) is 0 Å². The minimum absolute atomic E-state index is 0. The van der Waals surface area contributed by atoms with E-state index in [9.17, 15) is 25.9 Å². The van der Waals surface area contributed by atoms with Crippen LogP contribution in [0.4, 0.5) is 0 Å². The summed E-state index contributed by atoms with van der Waals surface area (Å²) in [5.74, 6) is -0.760. The maximum absolute atomic E-state index is 10.2. The van der Waals surface area contributed by atoms with Gasteiger partial charge in [0.25, 0.3) is 0 Å². The molecule has 0 saturated heterocycles. The predicted octanol–water partition coefficient (Wildman–Crippen LogP) is -7.96. The van der Waals surface area contributed by atoms with E-state index >= 15 is 0 Å². The van der Waals surface area contributed by atoms with E-state index < -0.39 is 20.2 Å². The second-order valence-corrected chi connectivity index (χ2v) is 6.78. The first-order valence-corrected chi connectivity index (χ1v) is 8.65. The molecule has 0 radical (unpaired) electrons. The third-order valence-electron chi connectivity index (χ3n) is 1.97. The zero-order valence-electron chi connectivity index (χ0n) is 11.9. The van der Waals surface area contributed by atoms with Crippen molar-refractivity contribution in [3.8, 4) is 0 Å². The Bertz CT molecular complexity index is 375. The van der Waals surface area contributed by atoms with E-state index in [0.29, 0.717) is 26.2 Å². The van der Waals surface area contributed by atoms with Crippen molar-refractivity contribution >= 4 is 20.2 Å². The van der Waals surface area contributed by atoms with Gasteiger partial charge in [0.05, 0.1) is 20.2 Å². The van der Waals surface area contributed by atoms with E-state index in [-0.39, 0.29) is 83.5 Å². The first-order chi connectivity index (χ1) is 8.21. The molecule has 2 N–H and O–H groups in total. The van der Waals surface area contributed by atoms with Crippen molar-refractivity contribution in [3.63, 3.8) is 0 Å². The van der Waals surface area contributed by atoms with Crippen LogP contribution in [0.1, 0.15) is 12.8 Å². The van der Waals surface area contributed by atoms with Crippen LogP contribution >= 0.6 is 0 Å². The molecule has 12 heteroatoms. The molecule has 0 aromatic carbocycles. The number of hydrogen-bond acceptors (Lipinski definition) is 8. The summed E-state index contributed by atoms with van der Waals surface area (Å²) in [5, 5.41) is 5.84. The van der Waals surface area contributed by atoms with Gasteiger partial charge in [0.1, 0.15) is 0 Å². The van der Waals surface area contributed by atoms with Gasteiger partial charge in [-0.3, -0.25) is 0 Å². The molecule has 0 fully saturated rings. The van der Waals surface area contributed by atoms with E-state index in [1.54, 1.807) is 0 Å². The van der Waals surface area contributed by atoms with Crippen LogP contribution in [0.5, 0.6) is 0 Å². The summed E-state index contributed by atoms with van der Waals surface area (Å²) >= 11 is 0. The fraction of sp³-hybridized carbons (Fsp3) is 1.00. The molecular weight excluding hydrogens is 330 g/mol. The van der Waals surface area contributed by atoms with Crippen LogP contribution in [0.3, 0.4) is 0 Å². The third kappa shape index (κ3) is 24.7. The Morgan fingerprint density at radius 2 is 0.950 bits per heavy atom. The van der Waals surface area contributed by atoms with Crippen LogP contribution in [0.2, 0.25) is 0 Å². The van der Waals surface area contributed by atoms with Gasteiger partial charge in [-0.05, 0) is 25.9 Å². The molecule has 0 atom stereocenters. The van der Waals surface area contributed by atoms with E-state index in [2.05, 4.69) is 10.6 Å². The Hall–Kier alpha value is 1.74. The third-order valence-corrected chi connectivity index (χ3v) is 3.55. The van der Waals surface area contributed by atoms with Gasteiger partial charge >= 0.3 is 59.1 Å². The molecule has 0 unspecified atom stereocenters. The largest absolute Gasteiger partial charge is 1.00 e. The average molecular weight is 348 g/mol. The predicted molar refractivity (Wildman–Crippen MR) is 64.1 cm³/mol. The molecule has 0 aliphatic rings. The van der Waals surface area contributed by atoms with E-state index in [1.165, 1.54) is 0 Å². The summed E-state index contributed by atoms with van der Waals surface area (Å²) in [4.78, 5) is 0. The SMILES string of the molecule is O=S(=O)([O-])CCCNCCNCCCS(=O)(=O)[O-].[Na+].[Na+]. The van der Waals surface area contributed by atoms with Gasteiger partial charge in [0, 0.05) is 24.6 Å². The van der Waals surface area contributed by atoms with Crippen LogP contribution in [-0.4, -0.2) is 63.6 Å². The number of rotatable bonds is 11. The Balaban J connectivity index is -0.00000144. The maximum atomic E-state index is 10.2. The second-order valence-electron chi connectivity index (χ2n) is 3.73. The van der Waals surface area contributed by atoms with Crippen molar-refractivity contribution in [2.75, 3.05) is 37.7 Å². The maximum Gasteiger partial charge on any atom is 1.00 e. The summed E-state index contributed by atoms with van der Waals surface area (Å²) in [6.45, 7) is 2.00. The topological polar surface area (TPSA) is 138 Å².